The maximum absolute atomic E-state index is 5.27. The predicted octanol–water partition coefficient (Wildman–Crippen LogP) is 24.9. The molecular formula is C96H64N6. The van der Waals surface area contributed by atoms with Gasteiger partial charge in [-0.25, -0.2) is 19.9 Å². The van der Waals surface area contributed by atoms with Gasteiger partial charge < -0.3 is 0 Å². The summed E-state index contributed by atoms with van der Waals surface area (Å²) in [6.07, 6.45) is 7.38. The minimum Gasteiger partial charge on any atom is -0.264 e. The van der Waals surface area contributed by atoms with Crippen LogP contribution in [0.4, 0.5) is 0 Å². The first-order valence-corrected chi connectivity index (χ1v) is 34.3. The van der Waals surface area contributed by atoms with Gasteiger partial charge >= 0.3 is 0 Å². The van der Waals surface area contributed by atoms with E-state index in [1.807, 2.05) is 24.5 Å². The van der Waals surface area contributed by atoms with E-state index < -0.39 is 0 Å². The van der Waals surface area contributed by atoms with Gasteiger partial charge in [0.15, 0.2) is 11.6 Å². The van der Waals surface area contributed by atoms with E-state index in [1.54, 1.807) is 12.4 Å². The molecule has 18 aromatic rings. The van der Waals surface area contributed by atoms with Gasteiger partial charge in [0.05, 0.1) is 22.8 Å². The summed E-state index contributed by atoms with van der Waals surface area (Å²) in [6.45, 7) is 0. The molecule has 0 amide bonds. The van der Waals surface area contributed by atoms with Gasteiger partial charge in [-0.1, -0.05) is 309 Å². The molecule has 478 valence electrons. The quantitative estimate of drug-likeness (QED) is 0.114. The molecule has 102 heavy (non-hydrogen) atoms. The molecule has 0 bridgehead atoms. The summed E-state index contributed by atoms with van der Waals surface area (Å²) in [4.78, 5) is 29.4. The summed E-state index contributed by atoms with van der Waals surface area (Å²) in [6, 6.07) is 128. The zero-order valence-electron chi connectivity index (χ0n) is 55.6. The third kappa shape index (κ3) is 13.2. The number of fused-ring (bicyclic) bond motifs is 3. The molecule has 0 saturated carbocycles. The van der Waals surface area contributed by atoms with Gasteiger partial charge in [-0.05, 0) is 165 Å². The lowest BCUT2D eigenvalue weighted by molar-refractivity contribution is 1.18. The van der Waals surface area contributed by atoms with Crippen LogP contribution in [0.2, 0.25) is 0 Å². The smallest absolute Gasteiger partial charge is 0.160 e. The third-order valence-electron chi connectivity index (χ3n) is 19.0. The predicted molar refractivity (Wildman–Crippen MR) is 423 cm³/mol. The Balaban J connectivity index is 0.000000152. The molecule has 0 spiro atoms. The zero-order chi connectivity index (χ0) is 68.0. The summed E-state index contributed by atoms with van der Waals surface area (Å²) in [5.74, 6) is 1.37. The molecule has 0 aliphatic heterocycles. The van der Waals surface area contributed by atoms with Crippen molar-refractivity contribution in [2.75, 3.05) is 0 Å². The van der Waals surface area contributed by atoms with Crippen molar-refractivity contribution < 1.29 is 0 Å². The van der Waals surface area contributed by atoms with Crippen molar-refractivity contribution >= 4 is 32.3 Å². The number of benzene rings is 14. The summed E-state index contributed by atoms with van der Waals surface area (Å²) in [5, 5.41) is 7.39. The minimum atomic E-state index is 0.680. The molecule has 0 unspecified atom stereocenters. The van der Waals surface area contributed by atoms with Crippen LogP contribution in [0.1, 0.15) is 0 Å². The molecule has 0 saturated heterocycles. The molecule has 18 rings (SSSR count). The number of nitrogens with zero attached hydrogens (tertiary/aromatic N) is 6. The maximum Gasteiger partial charge on any atom is 0.160 e. The fourth-order valence-corrected chi connectivity index (χ4v) is 13.6. The highest BCUT2D eigenvalue weighted by Crippen LogP contribution is 2.39. The Morgan fingerprint density at radius 3 is 1.00 bits per heavy atom. The van der Waals surface area contributed by atoms with Crippen molar-refractivity contribution in [3.63, 3.8) is 0 Å². The van der Waals surface area contributed by atoms with Crippen LogP contribution in [0.15, 0.2) is 389 Å². The lowest BCUT2D eigenvalue weighted by Crippen LogP contribution is -1.97. The van der Waals surface area contributed by atoms with Crippen molar-refractivity contribution in [2.24, 2.45) is 0 Å². The second-order valence-corrected chi connectivity index (χ2v) is 25.4. The number of rotatable bonds is 13. The van der Waals surface area contributed by atoms with Crippen molar-refractivity contribution in [3.8, 4) is 146 Å². The van der Waals surface area contributed by atoms with Crippen molar-refractivity contribution in [2.45, 2.75) is 0 Å². The number of hydrogen-bond donors (Lipinski definition) is 0. The fourth-order valence-electron chi connectivity index (χ4n) is 13.6. The standard InChI is InChI=1S/C49H33N3.C47H31N3/c1-3-11-34(12-4-1)42-29-43(35-13-5-2-6-14-35)31-44(30-42)48-32-47(39-24-20-36(21-25-39)41-17-10-28-50-33-41)51-49(52-48)40-26-22-38(23-27-40)46-19-9-16-37-15-7-8-18-45(37)46;1-2-10-38-28-39(26-21-32(38)8-1)33-17-22-36(23-18-33)45-30-46(37-24-19-34(20-25-37)42-14-7-27-48-31-42)50-47(49-45)41-13-5-12-40(29-41)44-16-6-11-35-9-3-4-15-43(35)44/h1-33H;1-31H. The van der Waals surface area contributed by atoms with Crippen LogP contribution in [0.25, 0.3) is 178 Å². The van der Waals surface area contributed by atoms with Gasteiger partial charge in [-0.15, -0.1) is 0 Å². The molecule has 6 heteroatoms. The third-order valence-corrected chi connectivity index (χ3v) is 19.0. The van der Waals surface area contributed by atoms with E-state index in [1.165, 1.54) is 54.6 Å². The fraction of sp³-hybridized carbons (Fsp3) is 0. The van der Waals surface area contributed by atoms with Gasteiger partial charge in [-0.2, -0.15) is 0 Å². The number of pyridine rings is 2. The molecule has 0 N–H and O–H groups in total. The molecule has 0 aliphatic rings. The van der Waals surface area contributed by atoms with E-state index in [-0.39, 0.29) is 0 Å². The van der Waals surface area contributed by atoms with Crippen LogP contribution in [0, 0.1) is 0 Å². The van der Waals surface area contributed by atoms with Gasteiger partial charge in [0.1, 0.15) is 0 Å². The zero-order valence-corrected chi connectivity index (χ0v) is 55.6. The number of hydrogen-bond acceptors (Lipinski definition) is 6. The molecule has 14 aromatic carbocycles. The highest BCUT2D eigenvalue weighted by atomic mass is 14.9. The summed E-state index contributed by atoms with van der Waals surface area (Å²) in [5.41, 5.74) is 25.6. The monoisotopic (exact) mass is 1300 g/mol. The second-order valence-electron chi connectivity index (χ2n) is 25.4. The normalized spacial score (nSPS) is 11.1. The topological polar surface area (TPSA) is 77.3 Å². The first-order valence-electron chi connectivity index (χ1n) is 34.3. The van der Waals surface area contributed by atoms with Gasteiger partial charge in [0.2, 0.25) is 0 Å². The first kappa shape index (κ1) is 61.9. The lowest BCUT2D eigenvalue weighted by atomic mass is 9.94. The Labute approximate surface area is 593 Å². The van der Waals surface area contributed by atoms with Gasteiger partial charge in [0.25, 0.3) is 0 Å². The summed E-state index contributed by atoms with van der Waals surface area (Å²) >= 11 is 0. The van der Waals surface area contributed by atoms with Crippen molar-refractivity contribution in [1.29, 1.82) is 0 Å². The summed E-state index contributed by atoms with van der Waals surface area (Å²) < 4.78 is 0. The average molecular weight is 1300 g/mol. The minimum absolute atomic E-state index is 0.680. The molecule has 0 radical (unpaired) electrons. The lowest BCUT2D eigenvalue weighted by Gasteiger charge is -2.14. The number of aromatic nitrogens is 6. The Bertz CT molecular complexity index is 5940. The van der Waals surface area contributed by atoms with E-state index >= 15 is 0 Å². The Hall–Kier alpha value is -13.7. The van der Waals surface area contributed by atoms with Crippen LogP contribution < -0.4 is 0 Å². The van der Waals surface area contributed by atoms with Gasteiger partial charge in [0, 0.05) is 58.2 Å². The van der Waals surface area contributed by atoms with Gasteiger partial charge in [-0.3, -0.25) is 9.97 Å². The van der Waals surface area contributed by atoms with E-state index in [9.17, 15) is 0 Å². The molecule has 4 aromatic heterocycles. The van der Waals surface area contributed by atoms with E-state index in [0.717, 1.165) is 112 Å². The van der Waals surface area contributed by atoms with E-state index in [2.05, 4.69) is 362 Å². The molecule has 0 fully saturated rings. The Morgan fingerprint density at radius 1 is 0.157 bits per heavy atom. The highest BCUT2D eigenvalue weighted by molar-refractivity contribution is 5.99. The van der Waals surface area contributed by atoms with Crippen LogP contribution in [-0.2, 0) is 0 Å². The van der Waals surface area contributed by atoms with Crippen LogP contribution >= 0.6 is 0 Å². The molecule has 4 heterocycles. The molecule has 0 atom stereocenters. The maximum atomic E-state index is 5.27. The molecular weight excluding hydrogens is 1240 g/mol. The van der Waals surface area contributed by atoms with Crippen molar-refractivity contribution in [3.05, 3.63) is 389 Å². The SMILES string of the molecule is c1ccc(-c2cc(-c3ccccc3)cc(-c3cc(-c4ccc(-c5cccnc5)cc4)nc(-c4ccc(-c5cccc6ccccc56)cc4)n3)c2)cc1.c1cncc(-c2ccc(-c3cc(-c4ccc(-c5ccc6ccccc6c5)cc4)nc(-c4cccc(-c5cccc6ccccc56)c4)n3)cc2)c1. The molecule has 6 nitrogen and oxygen atoms in total. The van der Waals surface area contributed by atoms with Crippen LogP contribution in [0.3, 0.4) is 0 Å². The molecule has 0 aliphatic carbocycles. The Morgan fingerprint density at radius 2 is 0.490 bits per heavy atom. The average Bonchev–Trinajstić information content (AvgIpc) is 0.787. The van der Waals surface area contributed by atoms with Crippen LogP contribution in [-0.4, -0.2) is 29.9 Å². The highest BCUT2D eigenvalue weighted by Gasteiger charge is 2.18. The van der Waals surface area contributed by atoms with Crippen LogP contribution in [0.5, 0.6) is 0 Å². The van der Waals surface area contributed by atoms with E-state index in [4.69, 9.17) is 19.9 Å². The Kier molecular flexibility index (Phi) is 17.0. The van der Waals surface area contributed by atoms with E-state index in [0.29, 0.717) is 11.6 Å². The first-order chi connectivity index (χ1) is 50.5. The largest absolute Gasteiger partial charge is 0.264 e. The second kappa shape index (κ2) is 28.0. The van der Waals surface area contributed by atoms with Crippen molar-refractivity contribution in [1.82, 2.24) is 29.9 Å². The summed E-state index contributed by atoms with van der Waals surface area (Å²) in [7, 11) is 0.